The third kappa shape index (κ3) is 4.22. The molecule has 1 aromatic heterocycles. The molecule has 2 heterocycles. The number of carbonyl (C=O) groups excluding carboxylic acids is 3. The van der Waals surface area contributed by atoms with Crippen LogP contribution in [0, 0.1) is 0 Å². The lowest BCUT2D eigenvalue weighted by molar-refractivity contribution is -0.122. The molecule has 0 unspecified atom stereocenters. The zero-order chi connectivity index (χ0) is 21.1. The van der Waals surface area contributed by atoms with Gasteiger partial charge in [0.05, 0.1) is 18.7 Å². The number of thiophene rings is 1. The van der Waals surface area contributed by atoms with Crippen molar-refractivity contribution in [2.75, 3.05) is 10.2 Å². The van der Waals surface area contributed by atoms with Gasteiger partial charge in [-0.15, -0.1) is 11.3 Å². The molecule has 0 saturated carbocycles. The molecule has 1 saturated heterocycles. The Balaban J connectivity index is 1.61. The summed E-state index contributed by atoms with van der Waals surface area (Å²) in [5.74, 6) is -0.780. The van der Waals surface area contributed by atoms with Gasteiger partial charge in [0, 0.05) is 15.6 Å². The highest BCUT2D eigenvalue weighted by Gasteiger charge is 2.44. The standard InChI is InChI=1S/C22H18ClN3O3S/c23-15-8-10-17(11-9-15)26-20(27)13-19(21(26)28)25(14-18-7-4-12-30-18)22(29)24-16-5-2-1-3-6-16/h1-12,19H,13-14H2,(H,24,29)/t19-/m0/s1. The van der Waals surface area contributed by atoms with Crippen LogP contribution in [0.2, 0.25) is 5.02 Å². The van der Waals surface area contributed by atoms with Gasteiger partial charge in [0.15, 0.2) is 0 Å². The van der Waals surface area contributed by atoms with Crippen molar-refractivity contribution in [3.8, 4) is 0 Å². The summed E-state index contributed by atoms with van der Waals surface area (Å²) in [5.41, 5.74) is 1.06. The van der Waals surface area contributed by atoms with E-state index in [0.717, 1.165) is 9.78 Å². The SMILES string of the molecule is O=C1C[C@H](N(Cc2cccs2)C(=O)Nc2ccccc2)C(=O)N1c1ccc(Cl)cc1. The van der Waals surface area contributed by atoms with E-state index in [9.17, 15) is 14.4 Å². The normalized spacial score (nSPS) is 16.0. The first kappa shape index (κ1) is 20.1. The smallest absolute Gasteiger partial charge is 0.308 e. The Hall–Kier alpha value is -3.16. The molecule has 1 aliphatic heterocycles. The molecule has 8 heteroatoms. The average Bonchev–Trinajstić information content (AvgIpc) is 3.35. The van der Waals surface area contributed by atoms with Crippen LogP contribution < -0.4 is 10.2 Å². The van der Waals surface area contributed by atoms with Gasteiger partial charge >= 0.3 is 6.03 Å². The molecular formula is C22H18ClN3O3S. The van der Waals surface area contributed by atoms with Crippen molar-refractivity contribution in [3.63, 3.8) is 0 Å². The predicted octanol–water partition coefficient (Wildman–Crippen LogP) is 4.77. The van der Waals surface area contributed by atoms with E-state index in [1.807, 2.05) is 35.7 Å². The molecule has 6 nitrogen and oxygen atoms in total. The number of hydrogen-bond donors (Lipinski definition) is 1. The molecular weight excluding hydrogens is 422 g/mol. The van der Waals surface area contributed by atoms with Crippen molar-refractivity contribution in [2.45, 2.75) is 19.0 Å². The van der Waals surface area contributed by atoms with E-state index in [4.69, 9.17) is 11.6 Å². The van der Waals surface area contributed by atoms with E-state index in [1.165, 1.54) is 16.2 Å². The van der Waals surface area contributed by atoms with Crippen LogP contribution in [0.25, 0.3) is 0 Å². The lowest BCUT2D eigenvalue weighted by atomic mass is 10.2. The monoisotopic (exact) mass is 439 g/mol. The Bertz CT molecular complexity index is 1060. The number of anilines is 2. The number of hydrogen-bond acceptors (Lipinski definition) is 4. The number of urea groups is 1. The van der Waals surface area contributed by atoms with E-state index in [0.29, 0.717) is 16.4 Å². The third-order valence-electron chi connectivity index (χ3n) is 4.78. The van der Waals surface area contributed by atoms with Crippen molar-refractivity contribution in [3.05, 3.63) is 82.0 Å². The van der Waals surface area contributed by atoms with E-state index in [2.05, 4.69) is 5.32 Å². The Labute approximate surface area is 182 Å². The third-order valence-corrected chi connectivity index (χ3v) is 5.89. The zero-order valence-electron chi connectivity index (χ0n) is 15.8. The van der Waals surface area contributed by atoms with Crippen molar-refractivity contribution in [1.29, 1.82) is 0 Å². The molecule has 152 valence electrons. The summed E-state index contributed by atoms with van der Waals surface area (Å²) in [5, 5.41) is 5.24. The molecule has 1 atom stereocenters. The first-order chi connectivity index (χ1) is 14.5. The molecule has 0 bridgehead atoms. The Morgan fingerprint density at radius 3 is 2.47 bits per heavy atom. The maximum atomic E-state index is 13.2. The molecule has 0 aliphatic carbocycles. The second-order valence-corrected chi connectivity index (χ2v) is 8.24. The minimum absolute atomic E-state index is 0.0744. The predicted molar refractivity (Wildman–Crippen MR) is 118 cm³/mol. The fourth-order valence-electron chi connectivity index (χ4n) is 3.33. The summed E-state index contributed by atoms with van der Waals surface area (Å²) in [6, 6.07) is 17.9. The van der Waals surface area contributed by atoms with Gasteiger partial charge in [-0.1, -0.05) is 35.9 Å². The van der Waals surface area contributed by atoms with Crippen LogP contribution in [0.1, 0.15) is 11.3 Å². The second-order valence-electron chi connectivity index (χ2n) is 6.77. The molecule has 30 heavy (non-hydrogen) atoms. The molecule has 4 amide bonds. The van der Waals surface area contributed by atoms with Crippen molar-refractivity contribution >= 4 is 52.2 Å². The summed E-state index contributed by atoms with van der Waals surface area (Å²) in [6.45, 7) is 0.231. The maximum absolute atomic E-state index is 13.2. The molecule has 1 aliphatic rings. The quantitative estimate of drug-likeness (QED) is 0.582. The average molecular weight is 440 g/mol. The number of amides is 4. The van der Waals surface area contributed by atoms with Crippen LogP contribution in [-0.2, 0) is 16.1 Å². The molecule has 0 spiro atoms. The fraction of sp³-hybridized carbons (Fsp3) is 0.136. The summed E-state index contributed by atoms with van der Waals surface area (Å²) in [7, 11) is 0. The van der Waals surface area contributed by atoms with Gasteiger partial charge < -0.3 is 10.2 Å². The molecule has 3 aromatic rings. The number of benzene rings is 2. The van der Waals surface area contributed by atoms with Crippen molar-refractivity contribution in [2.24, 2.45) is 0 Å². The van der Waals surface area contributed by atoms with Gasteiger partial charge in [-0.05, 0) is 47.8 Å². The molecule has 0 radical (unpaired) electrons. The Morgan fingerprint density at radius 1 is 1.07 bits per heavy atom. The molecule has 1 fully saturated rings. The minimum Gasteiger partial charge on any atom is -0.308 e. The summed E-state index contributed by atoms with van der Waals surface area (Å²) >= 11 is 7.41. The number of halogens is 1. The van der Waals surface area contributed by atoms with Gasteiger partial charge in [-0.25, -0.2) is 9.69 Å². The number of nitrogens with one attached hydrogen (secondary N) is 1. The molecule has 2 aromatic carbocycles. The fourth-order valence-corrected chi connectivity index (χ4v) is 4.16. The number of nitrogens with zero attached hydrogens (tertiary/aromatic N) is 2. The maximum Gasteiger partial charge on any atom is 0.322 e. The van der Waals surface area contributed by atoms with Gasteiger partial charge in [0.2, 0.25) is 5.91 Å². The topological polar surface area (TPSA) is 69.7 Å². The largest absolute Gasteiger partial charge is 0.322 e. The number of imide groups is 1. The van der Waals surface area contributed by atoms with Gasteiger partial charge in [-0.2, -0.15) is 0 Å². The highest BCUT2D eigenvalue weighted by molar-refractivity contribution is 7.09. The van der Waals surface area contributed by atoms with Crippen LogP contribution in [-0.4, -0.2) is 28.8 Å². The van der Waals surface area contributed by atoms with Crippen molar-refractivity contribution in [1.82, 2.24) is 4.90 Å². The number of rotatable bonds is 5. The number of carbonyl (C=O) groups is 3. The zero-order valence-corrected chi connectivity index (χ0v) is 17.4. The first-order valence-electron chi connectivity index (χ1n) is 9.30. The van der Waals surface area contributed by atoms with E-state index < -0.39 is 18.0 Å². The van der Waals surface area contributed by atoms with Crippen LogP contribution in [0.4, 0.5) is 16.2 Å². The highest BCUT2D eigenvalue weighted by atomic mass is 35.5. The minimum atomic E-state index is -0.890. The second kappa shape index (κ2) is 8.69. The highest BCUT2D eigenvalue weighted by Crippen LogP contribution is 2.28. The Morgan fingerprint density at radius 2 is 1.80 bits per heavy atom. The van der Waals surface area contributed by atoms with E-state index in [1.54, 1.807) is 36.4 Å². The van der Waals surface area contributed by atoms with Gasteiger partial charge in [0.25, 0.3) is 5.91 Å². The van der Waals surface area contributed by atoms with Crippen LogP contribution in [0.5, 0.6) is 0 Å². The summed E-state index contributed by atoms with van der Waals surface area (Å²) in [6.07, 6.45) is -0.0744. The molecule has 1 N–H and O–H groups in total. The summed E-state index contributed by atoms with van der Waals surface area (Å²) < 4.78 is 0. The molecule has 4 rings (SSSR count). The lowest BCUT2D eigenvalue weighted by Gasteiger charge is -2.27. The number of para-hydroxylation sites is 1. The Kier molecular flexibility index (Phi) is 5.83. The first-order valence-corrected chi connectivity index (χ1v) is 10.6. The van der Waals surface area contributed by atoms with Crippen LogP contribution >= 0.6 is 22.9 Å². The van der Waals surface area contributed by atoms with E-state index in [-0.39, 0.29) is 18.9 Å². The van der Waals surface area contributed by atoms with Gasteiger partial charge in [-0.3, -0.25) is 9.59 Å². The summed E-state index contributed by atoms with van der Waals surface area (Å²) in [4.78, 5) is 42.4. The van der Waals surface area contributed by atoms with Crippen LogP contribution in [0.15, 0.2) is 72.1 Å². The van der Waals surface area contributed by atoms with Gasteiger partial charge in [0.1, 0.15) is 6.04 Å². The van der Waals surface area contributed by atoms with Crippen LogP contribution in [0.3, 0.4) is 0 Å². The van der Waals surface area contributed by atoms with Crippen molar-refractivity contribution < 1.29 is 14.4 Å². The lowest BCUT2D eigenvalue weighted by Crippen LogP contribution is -2.46. The van der Waals surface area contributed by atoms with E-state index >= 15 is 0 Å².